The second-order valence-electron chi connectivity index (χ2n) is 4.85. The third-order valence-corrected chi connectivity index (χ3v) is 3.40. The van der Waals surface area contributed by atoms with Crippen molar-refractivity contribution in [1.29, 1.82) is 0 Å². The molecule has 0 amide bonds. The van der Waals surface area contributed by atoms with Crippen molar-refractivity contribution in [2.75, 3.05) is 0 Å². The second-order valence-corrected chi connectivity index (χ2v) is 4.85. The molecule has 0 N–H and O–H groups in total. The van der Waals surface area contributed by atoms with Crippen LogP contribution in [-0.2, 0) is 4.79 Å². The lowest BCUT2D eigenvalue weighted by molar-refractivity contribution is -0.117. The van der Waals surface area contributed by atoms with Crippen LogP contribution in [0.3, 0.4) is 0 Å². The normalized spacial score (nSPS) is 36.8. The van der Waals surface area contributed by atoms with Crippen LogP contribution < -0.4 is 0 Å². The molecule has 1 rings (SSSR count). The maximum Gasteiger partial charge on any atom is 0.125 e. The quantitative estimate of drug-likeness (QED) is 0.579. The van der Waals surface area contributed by atoms with Crippen molar-refractivity contribution in [3.8, 4) is 0 Å². The van der Waals surface area contributed by atoms with Crippen LogP contribution in [0.5, 0.6) is 0 Å². The van der Waals surface area contributed by atoms with Gasteiger partial charge < -0.3 is 4.79 Å². The number of carbonyl (C=O) groups is 1. The van der Waals surface area contributed by atoms with Crippen molar-refractivity contribution >= 4 is 6.29 Å². The fourth-order valence-electron chi connectivity index (χ4n) is 2.08. The molecule has 0 aromatic rings. The Bertz CT molecular complexity index is 152. The van der Waals surface area contributed by atoms with Crippen LogP contribution in [0.2, 0.25) is 0 Å². The van der Waals surface area contributed by atoms with E-state index in [9.17, 15) is 4.79 Å². The summed E-state index contributed by atoms with van der Waals surface area (Å²) in [7, 11) is 0. The zero-order chi connectivity index (χ0) is 9.19. The summed E-state index contributed by atoms with van der Waals surface area (Å²) in [5.74, 6) is 1.65. The van der Waals surface area contributed by atoms with E-state index in [-0.39, 0.29) is 5.41 Å². The molecule has 0 atom stereocenters. The Balaban J connectivity index is 2.44. The summed E-state index contributed by atoms with van der Waals surface area (Å²) in [4.78, 5) is 10.8. The van der Waals surface area contributed by atoms with Crippen LogP contribution in [-0.4, -0.2) is 6.29 Å². The fourth-order valence-corrected chi connectivity index (χ4v) is 2.08. The van der Waals surface area contributed by atoms with E-state index in [1.165, 1.54) is 12.8 Å². The standard InChI is InChI=1S/C11H20O/c1-9(2)10-4-6-11(3,8-12)7-5-10/h8-10H,4-7H2,1-3H3. The van der Waals surface area contributed by atoms with Crippen molar-refractivity contribution in [3.05, 3.63) is 0 Å². The summed E-state index contributed by atoms with van der Waals surface area (Å²) < 4.78 is 0. The van der Waals surface area contributed by atoms with Crippen molar-refractivity contribution in [2.45, 2.75) is 46.5 Å². The molecule has 0 heterocycles. The number of hydrogen-bond acceptors (Lipinski definition) is 1. The van der Waals surface area contributed by atoms with Gasteiger partial charge in [0.15, 0.2) is 0 Å². The van der Waals surface area contributed by atoms with Crippen molar-refractivity contribution in [3.63, 3.8) is 0 Å². The maximum absolute atomic E-state index is 10.8. The number of aldehydes is 1. The lowest BCUT2D eigenvalue weighted by atomic mass is 9.70. The molecule has 0 unspecified atom stereocenters. The van der Waals surface area contributed by atoms with Gasteiger partial charge in [-0.15, -0.1) is 0 Å². The van der Waals surface area contributed by atoms with Gasteiger partial charge in [0, 0.05) is 5.41 Å². The van der Waals surface area contributed by atoms with Gasteiger partial charge >= 0.3 is 0 Å². The summed E-state index contributed by atoms with van der Waals surface area (Å²) in [6, 6.07) is 0. The first kappa shape index (κ1) is 9.76. The highest BCUT2D eigenvalue weighted by Gasteiger charge is 2.31. The molecular weight excluding hydrogens is 148 g/mol. The molecule has 1 aliphatic carbocycles. The second kappa shape index (κ2) is 3.59. The van der Waals surface area contributed by atoms with E-state index in [2.05, 4.69) is 20.8 Å². The highest BCUT2D eigenvalue weighted by atomic mass is 16.1. The fraction of sp³-hybridized carbons (Fsp3) is 0.909. The number of carbonyl (C=O) groups excluding carboxylic acids is 1. The maximum atomic E-state index is 10.8. The van der Waals surface area contributed by atoms with Crippen LogP contribution in [0.25, 0.3) is 0 Å². The Labute approximate surface area is 75.5 Å². The van der Waals surface area contributed by atoms with Gasteiger partial charge in [0.1, 0.15) is 6.29 Å². The molecule has 1 fully saturated rings. The van der Waals surface area contributed by atoms with E-state index in [1.54, 1.807) is 0 Å². The molecule has 0 aliphatic heterocycles. The summed E-state index contributed by atoms with van der Waals surface area (Å²) in [6.07, 6.45) is 5.84. The molecular formula is C11H20O. The Morgan fingerprint density at radius 2 is 1.83 bits per heavy atom. The van der Waals surface area contributed by atoms with Gasteiger partial charge in [-0.2, -0.15) is 0 Å². The summed E-state index contributed by atoms with van der Waals surface area (Å²) >= 11 is 0. The zero-order valence-electron chi connectivity index (χ0n) is 8.47. The SMILES string of the molecule is CC(C)C1CCC(C)(C=O)CC1. The molecule has 0 bridgehead atoms. The molecule has 0 spiro atoms. The van der Waals surface area contributed by atoms with E-state index >= 15 is 0 Å². The topological polar surface area (TPSA) is 17.1 Å². The molecule has 1 heteroatoms. The average molecular weight is 168 g/mol. The third-order valence-electron chi connectivity index (χ3n) is 3.40. The molecule has 12 heavy (non-hydrogen) atoms. The smallest absolute Gasteiger partial charge is 0.125 e. The predicted octanol–water partition coefficient (Wildman–Crippen LogP) is 3.04. The van der Waals surface area contributed by atoms with Crippen LogP contribution in [0, 0.1) is 17.3 Å². The van der Waals surface area contributed by atoms with Crippen molar-refractivity contribution in [1.82, 2.24) is 0 Å². The number of hydrogen-bond donors (Lipinski definition) is 0. The Morgan fingerprint density at radius 1 is 1.33 bits per heavy atom. The average Bonchev–Trinajstić information content (AvgIpc) is 2.05. The van der Waals surface area contributed by atoms with Gasteiger partial charge in [-0.25, -0.2) is 0 Å². The molecule has 70 valence electrons. The highest BCUT2D eigenvalue weighted by molar-refractivity contribution is 5.58. The minimum absolute atomic E-state index is 0.00535. The van der Waals surface area contributed by atoms with Gasteiger partial charge in [0.2, 0.25) is 0 Å². The van der Waals surface area contributed by atoms with Crippen LogP contribution in [0.1, 0.15) is 46.5 Å². The van der Waals surface area contributed by atoms with Gasteiger partial charge in [-0.3, -0.25) is 0 Å². The minimum Gasteiger partial charge on any atom is -0.303 e. The van der Waals surface area contributed by atoms with Crippen molar-refractivity contribution in [2.24, 2.45) is 17.3 Å². The molecule has 0 aromatic carbocycles. The summed E-state index contributed by atoms with van der Waals surface area (Å²) in [5, 5.41) is 0. The molecule has 1 aliphatic rings. The Kier molecular flexibility index (Phi) is 2.92. The van der Waals surface area contributed by atoms with E-state index in [0.717, 1.165) is 31.0 Å². The minimum atomic E-state index is 0.00535. The van der Waals surface area contributed by atoms with E-state index in [1.807, 2.05) is 0 Å². The lowest BCUT2D eigenvalue weighted by Crippen LogP contribution is -2.27. The molecule has 0 aromatic heterocycles. The monoisotopic (exact) mass is 168 g/mol. The van der Waals surface area contributed by atoms with Crippen LogP contribution >= 0.6 is 0 Å². The van der Waals surface area contributed by atoms with Gasteiger partial charge in [0.05, 0.1) is 0 Å². The first-order chi connectivity index (χ1) is 5.57. The lowest BCUT2D eigenvalue weighted by Gasteiger charge is -2.34. The predicted molar refractivity (Wildman–Crippen MR) is 51.0 cm³/mol. The van der Waals surface area contributed by atoms with E-state index < -0.39 is 0 Å². The molecule has 1 saturated carbocycles. The van der Waals surface area contributed by atoms with Gasteiger partial charge in [-0.1, -0.05) is 20.8 Å². The number of rotatable bonds is 2. The molecule has 1 nitrogen and oxygen atoms in total. The molecule has 0 saturated heterocycles. The molecule has 0 radical (unpaired) electrons. The van der Waals surface area contributed by atoms with Crippen molar-refractivity contribution < 1.29 is 4.79 Å². The van der Waals surface area contributed by atoms with Crippen LogP contribution in [0.4, 0.5) is 0 Å². The summed E-state index contributed by atoms with van der Waals surface area (Å²) in [5.41, 5.74) is 0.00535. The van der Waals surface area contributed by atoms with Gasteiger partial charge in [-0.05, 0) is 37.5 Å². The highest BCUT2D eigenvalue weighted by Crippen LogP contribution is 2.39. The Hall–Kier alpha value is -0.330. The Morgan fingerprint density at radius 3 is 2.17 bits per heavy atom. The third kappa shape index (κ3) is 2.09. The zero-order valence-corrected chi connectivity index (χ0v) is 8.47. The first-order valence-electron chi connectivity index (χ1n) is 5.04. The first-order valence-corrected chi connectivity index (χ1v) is 5.04. The van der Waals surface area contributed by atoms with E-state index in [4.69, 9.17) is 0 Å². The van der Waals surface area contributed by atoms with Gasteiger partial charge in [0.25, 0.3) is 0 Å². The van der Waals surface area contributed by atoms with Crippen LogP contribution in [0.15, 0.2) is 0 Å². The van der Waals surface area contributed by atoms with E-state index in [0.29, 0.717) is 0 Å². The summed E-state index contributed by atoms with van der Waals surface area (Å²) in [6.45, 7) is 6.67. The largest absolute Gasteiger partial charge is 0.303 e.